The van der Waals surface area contributed by atoms with Crippen molar-refractivity contribution >= 4 is 5.91 Å². The standard InChI is InChI=1S/C18H12F3N3O2/c19-12-6-11(7-13(20)8-12)16(17-14(21)2-1-5-22-17)24-18(26)10-3-4-15(25)23-9-10/h1-9,16H,(H,23,25)(H,24,26). The third-order valence-corrected chi connectivity index (χ3v) is 3.60. The number of carbonyl (C=O) groups is 1. The summed E-state index contributed by atoms with van der Waals surface area (Å²) in [6, 6.07) is 6.28. The predicted octanol–water partition coefficient (Wildman–Crippen LogP) is 2.71. The fourth-order valence-corrected chi connectivity index (χ4v) is 2.43. The first-order chi connectivity index (χ1) is 12.4. The summed E-state index contributed by atoms with van der Waals surface area (Å²) in [6.45, 7) is 0. The van der Waals surface area contributed by atoms with Gasteiger partial charge in [-0.1, -0.05) is 0 Å². The van der Waals surface area contributed by atoms with Crippen molar-refractivity contribution < 1.29 is 18.0 Å². The molecular formula is C18H12F3N3O2. The second kappa shape index (κ2) is 7.22. The predicted molar refractivity (Wildman–Crippen MR) is 86.9 cm³/mol. The molecule has 0 aliphatic heterocycles. The topological polar surface area (TPSA) is 74.8 Å². The Labute approximate surface area is 145 Å². The number of aromatic amines is 1. The van der Waals surface area contributed by atoms with Gasteiger partial charge in [-0.2, -0.15) is 0 Å². The lowest BCUT2D eigenvalue weighted by atomic mass is 10.0. The molecule has 0 saturated heterocycles. The largest absolute Gasteiger partial charge is 0.339 e. The number of hydrogen-bond acceptors (Lipinski definition) is 3. The lowest BCUT2D eigenvalue weighted by Gasteiger charge is -2.19. The quantitative estimate of drug-likeness (QED) is 0.752. The van der Waals surface area contributed by atoms with Crippen LogP contribution in [0.3, 0.4) is 0 Å². The van der Waals surface area contributed by atoms with Gasteiger partial charge in [0.2, 0.25) is 5.56 Å². The van der Waals surface area contributed by atoms with Crippen LogP contribution in [0.1, 0.15) is 27.7 Å². The average molecular weight is 359 g/mol. The SMILES string of the molecule is O=C(NC(c1cc(F)cc(F)c1)c1ncccc1F)c1ccc(=O)[nH]c1. The number of H-pyrrole nitrogens is 1. The Kier molecular flexibility index (Phi) is 4.83. The lowest BCUT2D eigenvalue weighted by Crippen LogP contribution is -2.31. The van der Waals surface area contributed by atoms with E-state index < -0.39 is 35.0 Å². The zero-order valence-corrected chi connectivity index (χ0v) is 13.2. The molecule has 1 aromatic carbocycles. The van der Waals surface area contributed by atoms with Crippen LogP contribution in [0.4, 0.5) is 13.2 Å². The molecule has 26 heavy (non-hydrogen) atoms. The highest BCUT2D eigenvalue weighted by molar-refractivity contribution is 5.94. The number of nitrogens with one attached hydrogen (secondary N) is 2. The lowest BCUT2D eigenvalue weighted by molar-refractivity contribution is 0.0941. The summed E-state index contributed by atoms with van der Waals surface area (Å²) < 4.78 is 41.4. The molecule has 1 atom stereocenters. The van der Waals surface area contributed by atoms with E-state index in [-0.39, 0.29) is 16.8 Å². The Morgan fingerprint density at radius 1 is 1.08 bits per heavy atom. The number of aromatic nitrogens is 2. The highest BCUT2D eigenvalue weighted by atomic mass is 19.1. The number of amides is 1. The van der Waals surface area contributed by atoms with E-state index in [2.05, 4.69) is 15.3 Å². The molecule has 2 heterocycles. The summed E-state index contributed by atoms with van der Waals surface area (Å²) in [6.07, 6.45) is 2.48. The van der Waals surface area contributed by atoms with E-state index in [0.717, 1.165) is 24.3 Å². The molecule has 0 radical (unpaired) electrons. The van der Waals surface area contributed by atoms with E-state index in [9.17, 15) is 22.8 Å². The van der Waals surface area contributed by atoms with Crippen molar-refractivity contribution in [3.05, 3.63) is 99.5 Å². The Morgan fingerprint density at radius 2 is 1.81 bits per heavy atom. The van der Waals surface area contributed by atoms with E-state index in [1.165, 1.54) is 24.5 Å². The number of benzene rings is 1. The van der Waals surface area contributed by atoms with Crippen LogP contribution in [-0.4, -0.2) is 15.9 Å². The van der Waals surface area contributed by atoms with Crippen molar-refractivity contribution in [3.8, 4) is 0 Å². The fraction of sp³-hybridized carbons (Fsp3) is 0.0556. The number of rotatable bonds is 4. The molecule has 0 fully saturated rings. The molecule has 0 saturated carbocycles. The molecule has 2 aromatic heterocycles. The minimum atomic E-state index is -1.24. The highest BCUT2D eigenvalue weighted by Gasteiger charge is 2.23. The number of halogens is 3. The van der Waals surface area contributed by atoms with Gasteiger partial charge in [0.15, 0.2) is 0 Å². The van der Waals surface area contributed by atoms with Crippen molar-refractivity contribution in [1.82, 2.24) is 15.3 Å². The second-order valence-corrected chi connectivity index (χ2v) is 5.42. The molecule has 0 aliphatic carbocycles. The van der Waals surface area contributed by atoms with Crippen molar-refractivity contribution in [3.63, 3.8) is 0 Å². The molecule has 132 valence electrons. The maximum Gasteiger partial charge on any atom is 0.253 e. The van der Waals surface area contributed by atoms with Crippen LogP contribution >= 0.6 is 0 Å². The molecule has 5 nitrogen and oxygen atoms in total. The fourth-order valence-electron chi connectivity index (χ4n) is 2.43. The normalized spacial score (nSPS) is 11.8. The van der Waals surface area contributed by atoms with Gasteiger partial charge in [0.25, 0.3) is 5.91 Å². The summed E-state index contributed by atoms with van der Waals surface area (Å²) in [5.74, 6) is -3.18. The van der Waals surface area contributed by atoms with Gasteiger partial charge in [0, 0.05) is 24.5 Å². The van der Waals surface area contributed by atoms with Gasteiger partial charge in [-0.25, -0.2) is 13.2 Å². The molecule has 3 aromatic rings. The van der Waals surface area contributed by atoms with E-state index in [1.807, 2.05) is 0 Å². The van der Waals surface area contributed by atoms with Crippen molar-refractivity contribution in [2.45, 2.75) is 6.04 Å². The summed E-state index contributed by atoms with van der Waals surface area (Å²) in [7, 11) is 0. The molecule has 3 rings (SSSR count). The number of pyridine rings is 2. The van der Waals surface area contributed by atoms with Crippen molar-refractivity contribution in [2.75, 3.05) is 0 Å². The summed E-state index contributed by atoms with van der Waals surface area (Å²) in [5, 5.41) is 2.48. The summed E-state index contributed by atoms with van der Waals surface area (Å²) in [4.78, 5) is 29.7. The van der Waals surface area contributed by atoms with Gasteiger partial charge < -0.3 is 10.3 Å². The van der Waals surface area contributed by atoms with Gasteiger partial charge in [0.1, 0.15) is 23.1 Å². The number of carbonyl (C=O) groups excluding carboxylic acids is 1. The minimum absolute atomic E-state index is 0.0159. The van der Waals surface area contributed by atoms with E-state index in [0.29, 0.717) is 6.07 Å². The van der Waals surface area contributed by atoms with E-state index >= 15 is 0 Å². The third-order valence-electron chi connectivity index (χ3n) is 3.60. The van der Waals surface area contributed by atoms with Crippen molar-refractivity contribution in [2.24, 2.45) is 0 Å². The minimum Gasteiger partial charge on any atom is -0.339 e. The first kappa shape index (κ1) is 17.4. The maximum absolute atomic E-state index is 14.2. The molecule has 0 bridgehead atoms. The molecule has 2 N–H and O–H groups in total. The van der Waals surface area contributed by atoms with Crippen molar-refractivity contribution in [1.29, 1.82) is 0 Å². The van der Waals surface area contributed by atoms with Crippen LogP contribution in [0, 0.1) is 17.5 Å². The van der Waals surface area contributed by atoms with E-state index in [4.69, 9.17) is 0 Å². The average Bonchev–Trinajstić information content (AvgIpc) is 2.60. The molecule has 8 heteroatoms. The number of nitrogens with zero attached hydrogens (tertiary/aromatic N) is 1. The number of hydrogen-bond donors (Lipinski definition) is 2. The molecule has 1 amide bonds. The summed E-state index contributed by atoms with van der Waals surface area (Å²) >= 11 is 0. The molecule has 1 unspecified atom stereocenters. The van der Waals surface area contributed by atoms with Gasteiger partial charge >= 0.3 is 0 Å². The zero-order valence-electron chi connectivity index (χ0n) is 13.2. The van der Waals surface area contributed by atoms with E-state index in [1.54, 1.807) is 0 Å². The first-order valence-electron chi connectivity index (χ1n) is 7.50. The zero-order chi connectivity index (χ0) is 18.7. The Morgan fingerprint density at radius 3 is 2.42 bits per heavy atom. The van der Waals surface area contributed by atoms with Gasteiger partial charge in [-0.05, 0) is 35.9 Å². The molecular weight excluding hydrogens is 347 g/mol. The highest BCUT2D eigenvalue weighted by Crippen LogP contribution is 2.24. The summed E-state index contributed by atoms with van der Waals surface area (Å²) in [5.41, 5.74) is -0.531. The molecule has 0 aliphatic rings. The first-order valence-corrected chi connectivity index (χ1v) is 7.50. The van der Waals surface area contributed by atoms with Gasteiger partial charge in [0.05, 0.1) is 11.6 Å². The second-order valence-electron chi connectivity index (χ2n) is 5.42. The van der Waals surface area contributed by atoms with Crippen LogP contribution in [0.2, 0.25) is 0 Å². The molecule has 0 spiro atoms. The Hall–Kier alpha value is -3.42. The van der Waals surface area contributed by atoms with Gasteiger partial charge in [-0.3, -0.25) is 14.6 Å². The van der Waals surface area contributed by atoms with Crippen LogP contribution in [0.15, 0.2) is 59.7 Å². The van der Waals surface area contributed by atoms with Gasteiger partial charge in [-0.15, -0.1) is 0 Å². The monoisotopic (exact) mass is 359 g/mol. The van der Waals surface area contributed by atoms with Crippen LogP contribution < -0.4 is 10.9 Å². The Bertz CT molecular complexity index is 980. The smallest absolute Gasteiger partial charge is 0.253 e. The maximum atomic E-state index is 14.2. The Balaban J connectivity index is 2.03. The van der Waals surface area contributed by atoms with Crippen LogP contribution in [0.5, 0.6) is 0 Å². The third kappa shape index (κ3) is 3.80. The van der Waals surface area contributed by atoms with Crippen LogP contribution in [-0.2, 0) is 0 Å². The van der Waals surface area contributed by atoms with Crippen LogP contribution in [0.25, 0.3) is 0 Å².